The van der Waals surface area contributed by atoms with Crippen molar-refractivity contribution in [3.8, 4) is 0 Å². The fourth-order valence-corrected chi connectivity index (χ4v) is 11.4. The summed E-state index contributed by atoms with van der Waals surface area (Å²) >= 11 is 0. The molecule has 56 heavy (non-hydrogen) atoms. The quantitative estimate of drug-likeness (QED) is 0.139. The lowest BCUT2D eigenvalue weighted by molar-refractivity contribution is -0.320. The second kappa shape index (κ2) is 15.2. The van der Waals surface area contributed by atoms with Crippen molar-refractivity contribution in [1.82, 2.24) is 0 Å². The van der Waals surface area contributed by atoms with Crippen LogP contribution in [0.2, 0.25) is 0 Å². The Morgan fingerprint density at radius 1 is 0.911 bits per heavy atom. The summed E-state index contributed by atoms with van der Waals surface area (Å²) in [6.45, 7) is 8.50. The summed E-state index contributed by atoms with van der Waals surface area (Å²) in [5, 5.41) is 59.2. The number of aliphatic hydroxyl groups excluding tert-OH is 2. The van der Waals surface area contributed by atoms with Crippen molar-refractivity contribution in [2.24, 2.45) is 16.7 Å². The van der Waals surface area contributed by atoms with E-state index in [1.54, 1.807) is 19.9 Å². The highest BCUT2D eigenvalue weighted by Crippen LogP contribution is 2.71. The molecule has 16 atom stereocenters. The van der Waals surface area contributed by atoms with E-state index in [2.05, 4.69) is 6.92 Å². The van der Waals surface area contributed by atoms with Gasteiger partial charge in [-0.05, 0) is 89.7 Å². The van der Waals surface area contributed by atoms with Crippen LogP contribution in [-0.2, 0) is 38.0 Å². The molecule has 0 aromatic heterocycles. The number of fused-ring (bicyclic) bond motifs is 5. The maximum atomic E-state index is 13.4. The molecule has 6 aliphatic rings. The van der Waals surface area contributed by atoms with Crippen molar-refractivity contribution in [3.63, 3.8) is 0 Å². The van der Waals surface area contributed by atoms with Crippen LogP contribution in [-0.4, -0.2) is 123 Å². The normalized spacial score (nSPS) is 47.7. The Bertz CT molecular complexity index is 1670. The number of methoxy groups -OCH3 is 1. The highest BCUT2D eigenvalue weighted by atomic mass is 16.7. The molecule has 1 aromatic carbocycles. The third-order valence-electron chi connectivity index (χ3n) is 14.9. The molecule has 3 saturated carbocycles. The van der Waals surface area contributed by atoms with E-state index < -0.39 is 101 Å². The molecule has 310 valence electrons. The van der Waals surface area contributed by atoms with Gasteiger partial charge in [-0.25, -0.2) is 4.79 Å². The van der Waals surface area contributed by atoms with Crippen LogP contribution < -0.4 is 0 Å². The average Bonchev–Trinajstić information content (AvgIpc) is 3.39. The number of benzene rings is 1. The summed E-state index contributed by atoms with van der Waals surface area (Å²) in [6.07, 6.45) is 0.642. The Hall–Kier alpha value is -2.56. The number of carbonyl (C=O) groups is 2. The Morgan fingerprint density at radius 3 is 2.29 bits per heavy atom. The molecule has 4 aliphatic carbocycles. The zero-order valence-corrected chi connectivity index (χ0v) is 33.3. The van der Waals surface area contributed by atoms with Gasteiger partial charge in [0.2, 0.25) is 0 Å². The van der Waals surface area contributed by atoms with E-state index >= 15 is 0 Å². The predicted molar refractivity (Wildman–Crippen MR) is 201 cm³/mol. The van der Waals surface area contributed by atoms with Crippen molar-refractivity contribution in [3.05, 3.63) is 53.6 Å². The van der Waals surface area contributed by atoms with Gasteiger partial charge in [0.1, 0.15) is 35.1 Å². The minimum atomic E-state index is -2.03. The van der Waals surface area contributed by atoms with Gasteiger partial charge in [-0.1, -0.05) is 48.9 Å². The number of carbonyl (C=O) groups excluding carboxylic acids is 2. The van der Waals surface area contributed by atoms with Gasteiger partial charge in [-0.3, -0.25) is 4.79 Å². The zero-order valence-electron chi connectivity index (χ0n) is 33.3. The van der Waals surface area contributed by atoms with Crippen LogP contribution in [0.15, 0.2) is 48.1 Å². The van der Waals surface area contributed by atoms with Crippen molar-refractivity contribution < 1.29 is 63.5 Å². The fourth-order valence-electron chi connectivity index (χ4n) is 11.4. The Labute approximate surface area is 328 Å². The zero-order chi connectivity index (χ0) is 40.4. The molecule has 0 radical (unpaired) electrons. The van der Waals surface area contributed by atoms with Gasteiger partial charge < -0.3 is 54.0 Å². The third kappa shape index (κ3) is 6.64. The highest BCUT2D eigenvalue weighted by Gasteiger charge is 2.81. The second-order valence-corrected chi connectivity index (χ2v) is 17.7. The van der Waals surface area contributed by atoms with Gasteiger partial charge in [0.05, 0.1) is 35.9 Å². The monoisotopic (exact) mass is 784 g/mol. The summed E-state index contributed by atoms with van der Waals surface area (Å²) in [4.78, 5) is 26.6. The molecule has 0 amide bonds. The fraction of sp³-hybridized carbons (Fsp3) is 0.721. The first-order chi connectivity index (χ1) is 26.4. The molecule has 2 heterocycles. The lowest BCUT2D eigenvalue weighted by atomic mass is 9.42. The van der Waals surface area contributed by atoms with Crippen molar-refractivity contribution in [1.29, 1.82) is 0 Å². The Morgan fingerprint density at radius 2 is 1.61 bits per heavy atom. The number of hydrogen-bond acceptors (Lipinski definition) is 13. The van der Waals surface area contributed by atoms with Gasteiger partial charge in [-0.2, -0.15) is 0 Å². The Balaban J connectivity index is 1.07. The van der Waals surface area contributed by atoms with Crippen LogP contribution in [0.4, 0.5) is 0 Å². The maximum absolute atomic E-state index is 13.4. The van der Waals surface area contributed by atoms with Crippen LogP contribution in [0.5, 0.6) is 0 Å². The average molecular weight is 785 g/mol. The largest absolute Gasteiger partial charge is 0.458 e. The van der Waals surface area contributed by atoms with Crippen LogP contribution in [0, 0.1) is 16.7 Å². The topological polar surface area (TPSA) is 191 Å². The van der Waals surface area contributed by atoms with Gasteiger partial charge in [0, 0.05) is 31.9 Å². The van der Waals surface area contributed by atoms with Crippen molar-refractivity contribution in [2.75, 3.05) is 7.11 Å². The van der Waals surface area contributed by atoms with Crippen molar-refractivity contribution in [2.45, 2.75) is 171 Å². The van der Waals surface area contributed by atoms with E-state index in [0.29, 0.717) is 25.7 Å². The molecule has 0 unspecified atom stereocenters. The summed E-state index contributed by atoms with van der Waals surface area (Å²) in [5.41, 5.74) is -6.19. The van der Waals surface area contributed by atoms with E-state index in [4.69, 9.17) is 28.4 Å². The summed E-state index contributed by atoms with van der Waals surface area (Å²) in [7, 11) is 1.53. The van der Waals surface area contributed by atoms with Crippen LogP contribution in [0.25, 0.3) is 6.08 Å². The number of ether oxygens (including phenoxy) is 6. The molecule has 7 rings (SSSR count). The van der Waals surface area contributed by atoms with E-state index in [1.165, 1.54) is 20.1 Å². The van der Waals surface area contributed by atoms with E-state index in [-0.39, 0.29) is 38.2 Å². The number of hydrogen-bond donors (Lipinski definition) is 5. The Kier molecular flexibility index (Phi) is 11.3. The van der Waals surface area contributed by atoms with Crippen LogP contribution >= 0.6 is 0 Å². The second-order valence-electron chi connectivity index (χ2n) is 17.7. The standard InChI is InChI=1S/C43H60O13/c1-24-37(47)31(51-6)22-36(52-24)56-38-25(2)53-35(21-30(38)45)54-29-15-16-39(4)28(20-29)14-17-42(49)32(39)23-33(55-34(46)13-12-27-10-8-7-9-11-27)40(5)41(48,26(3)44)18-19-43(40,42)50/h7-14,24-25,29-33,35-38,45,47-50H,15-23H2,1-6H3/b13-12+/t24-,25-,29+,30+,31+,32-,33-,35+,36+,37-,38-,39+,40-,41+,42+,43-/m1/s1. The number of esters is 1. The van der Waals surface area contributed by atoms with Crippen LogP contribution in [0.1, 0.15) is 98.0 Å². The first kappa shape index (κ1) is 41.6. The molecule has 2 saturated heterocycles. The number of aliphatic hydroxyl groups is 5. The van der Waals surface area contributed by atoms with Gasteiger partial charge in [-0.15, -0.1) is 0 Å². The highest BCUT2D eigenvalue weighted by molar-refractivity contribution is 5.88. The van der Waals surface area contributed by atoms with Gasteiger partial charge in [0.25, 0.3) is 0 Å². The summed E-state index contributed by atoms with van der Waals surface area (Å²) < 4.78 is 36.3. The van der Waals surface area contributed by atoms with Crippen LogP contribution in [0.3, 0.4) is 0 Å². The molecule has 2 aliphatic heterocycles. The number of rotatable bonds is 9. The van der Waals surface area contributed by atoms with E-state index in [0.717, 1.165) is 11.1 Å². The molecule has 13 heteroatoms. The third-order valence-corrected chi connectivity index (χ3v) is 14.9. The smallest absolute Gasteiger partial charge is 0.331 e. The first-order valence-corrected chi connectivity index (χ1v) is 20.2. The number of ketones is 1. The van der Waals surface area contributed by atoms with E-state index in [9.17, 15) is 35.1 Å². The predicted octanol–water partition coefficient (Wildman–Crippen LogP) is 3.51. The lowest BCUT2D eigenvalue weighted by Crippen LogP contribution is -2.78. The van der Waals surface area contributed by atoms with Gasteiger partial charge in [0.15, 0.2) is 18.4 Å². The molecule has 5 fully saturated rings. The maximum Gasteiger partial charge on any atom is 0.331 e. The minimum absolute atomic E-state index is 0.0451. The van der Waals surface area contributed by atoms with E-state index in [1.807, 2.05) is 43.3 Å². The molecular formula is C43H60O13. The van der Waals surface area contributed by atoms with Gasteiger partial charge >= 0.3 is 5.97 Å². The molecule has 5 N–H and O–H groups in total. The summed E-state index contributed by atoms with van der Waals surface area (Å²) in [5.74, 6) is -1.79. The molecular weight excluding hydrogens is 724 g/mol. The molecule has 0 bridgehead atoms. The van der Waals surface area contributed by atoms with Crippen molar-refractivity contribution >= 4 is 17.8 Å². The molecule has 1 aromatic rings. The minimum Gasteiger partial charge on any atom is -0.458 e. The SMILES string of the molecule is CO[C@H]1C[C@H](O[C@H]2[C@@H](O)C[C@H](O[C@H]3CC[C@@]4(C)C(=CC[C@]5(O)[C@@H]4C[C@@H](OC(=O)/C=C/c4ccccc4)[C@@]4(C)[C@]5(O)CC[C@]4(O)C(C)=O)C3)O[C@@H]2C)O[C@H](C)[C@H]1O. The molecule has 13 nitrogen and oxygen atoms in total. The lowest BCUT2D eigenvalue weighted by Gasteiger charge is -2.67. The number of Topliss-reactive ketones (excluding diaryl/α,β-unsaturated/α-hetero) is 1. The molecule has 0 spiro atoms. The first-order valence-electron chi connectivity index (χ1n) is 20.2. The summed E-state index contributed by atoms with van der Waals surface area (Å²) in [6, 6.07) is 9.27.